The van der Waals surface area contributed by atoms with Gasteiger partial charge in [-0.15, -0.1) is 0 Å². The van der Waals surface area contributed by atoms with Gasteiger partial charge in [-0.25, -0.2) is 4.39 Å². The van der Waals surface area contributed by atoms with Gasteiger partial charge in [0.05, 0.1) is 6.26 Å². The largest absolute Gasteiger partial charge is 0.484 e. The van der Waals surface area contributed by atoms with Crippen molar-refractivity contribution in [1.82, 2.24) is 10.6 Å². The average molecular weight is 425 g/mol. The maximum absolute atomic E-state index is 12.9. The van der Waals surface area contributed by atoms with Crippen LogP contribution in [0.3, 0.4) is 0 Å². The minimum Gasteiger partial charge on any atom is -0.484 e. The Bertz CT molecular complexity index is 1020. The Morgan fingerprint density at radius 1 is 0.871 bits per heavy atom. The third kappa shape index (κ3) is 6.70. The van der Waals surface area contributed by atoms with E-state index in [0.29, 0.717) is 17.0 Å². The molecule has 8 nitrogen and oxygen atoms in total. The van der Waals surface area contributed by atoms with E-state index in [9.17, 15) is 18.8 Å². The zero-order valence-electron chi connectivity index (χ0n) is 16.4. The smallest absolute Gasteiger partial charge is 0.287 e. The predicted octanol–water partition coefficient (Wildman–Crippen LogP) is 2.60. The summed E-state index contributed by atoms with van der Waals surface area (Å²) in [6, 6.07) is 14.8. The number of halogens is 1. The van der Waals surface area contributed by atoms with E-state index < -0.39 is 5.91 Å². The van der Waals surface area contributed by atoms with E-state index in [1.807, 2.05) is 0 Å². The molecule has 160 valence electrons. The molecule has 0 aliphatic rings. The fourth-order valence-electron chi connectivity index (χ4n) is 2.53. The average Bonchev–Trinajstić information content (AvgIpc) is 3.32. The molecular formula is C22H20FN3O5. The minimum atomic E-state index is -0.395. The van der Waals surface area contributed by atoms with Gasteiger partial charge in [0.25, 0.3) is 17.7 Å². The predicted molar refractivity (Wildman–Crippen MR) is 110 cm³/mol. The maximum atomic E-state index is 12.9. The Morgan fingerprint density at radius 2 is 1.55 bits per heavy atom. The molecule has 0 radical (unpaired) electrons. The summed E-state index contributed by atoms with van der Waals surface area (Å²) in [5.41, 5.74) is 0.896. The second-order valence-corrected chi connectivity index (χ2v) is 6.36. The molecule has 0 saturated heterocycles. The van der Waals surface area contributed by atoms with Crippen LogP contribution in [0.25, 0.3) is 0 Å². The quantitative estimate of drug-likeness (QED) is 0.457. The molecule has 3 rings (SSSR count). The number of benzene rings is 2. The third-order valence-corrected chi connectivity index (χ3v) is 4.06. The maximum Gasteiger partial charge on any atom is 0.287 e. The molecule has 0 aliphatic carbocycles. The van der Waals surface area contributed by atoms with Crippen LogP contribution < -0.4 is 20.7 Å². The van der Waals surface area contributed by atoms with E-state index in [2.05, 4.69) is 16.0 Å². The molecule has 3 N–H and O–H groups in total. The molecule has 0 spiro atoms. The number of nitrogens with one attached hydrogen (secondary N) is 3. The zero-order valence-corrected chi connectivity index (χ0v) is 16.4. The van der Waals surface area contributed by atoms with Gasteiger partial charge in [0.15, 0.2) is 12.4 Å². The highest BCUT2D eigenvalue weighted by Crippen LogP contribution is 2.12. The van der Waals surface area contributed by atoms with Crippen LogP contribution in [0.2, 0.25) is 0 Å². The number of ether oxygens (including phenoxy) is 1. The van der Waals surface area contributed by atoms with Crippen molar-refractivity contribution in [2.45, 2.75) is 0 Å². The second kappa shape index (κ2) is 10.6. The van der Waals surface area contributed by atoms with Gasteiger partial charge in [-0.2, -0.15) is 0 Å². The monoisotopic (exact) mass is 425 g/mol. The highest BCUT2D eigenvalue weighted by Gasteiger charge is 2.09. The van der Waals surface area contributed by atoms with Gasteiger partial charge >= 0.3 is 0 Å². The van der Waals surface area contributed by atoms with Crippen molar-refractivity contribution in [3.8, 4) is 5.75 Å². The molecule has 2 aromatic carbocycles. The van der Waals surface area contributed by atoms with Crippen LogP contribution in [0.5, 0.6) is 5.75 Å². The first-order chi connectivity index (χ1) is 15.0. The van der Waals surface area contributed by atoms with Crippen molar-refractivity contribution >= 4 is 23.4 Å². The van der Waals surface area contributed by atoms with Crippen molar-refractivity contribution in [1.29, 1.82) is 0 Å². The van der Waals surface area contributed by atoms with Crippen LogP contribution in [0.1, 0.15) is 20.9 Å². The fraction of sp³-hybridized carbons (Fsp3) is 0.136. The van der Waals surface area contributed by atoms with E-state index >= 15 is 0 Å². The summed E-state index contributed by atoms with van der Waals surface area (Å²) >= 11 is 0. The Balaban J connectivity index is 1.38. The molecule has 1 aromatic heterocycles. The number of amides is 3. The molecule has 3 aromatic rings. The van der Waals surface area contributed by atoms with Crippen LogP contribution in [0.15, 0.2) is 71.3 Å². The van der Waals surface area contributed by atoms with Crippen LogP contribution in [-0.4, -0.2) is 37.4 Å². The van der Waals surface area contributed by atoms with Gasteiger partial charge in [0.1, 0.15) is 11.6 Å². The Labute approximate surface area is 177 Å². The lowest BCUT2D eigenvalue weighted by Gasteiger charge is -2.09. The summed E-state index contributed by atoms with van der Waals surface area (Å²) in [4.78, 5) is 35.8. The van der Waals surface area contributed by atoms with Crippen molar-refractivity contribution in [2.24, 2.45) is 0 Å². The fourth-order valence-corrected chi connectivity index (χ4v) is 2.53. The number of furan rings is 1. The number of carbonyl (C=O) groups is 3. The summed E-state index contributed by atoms with van der Waals surface area (Å²) in [6.45, 7) is 0.246. The molecule has 0 saturated carbocycles. The highest BCUT2D eigenvalue weighted by atomic mass is 19.1. The number of anilines is 1. The van der Waals surface area contributed by atoms with Crippen LogP contribution in [-0.2, 0) is 4.79 Å². The van der Waals surface area contributed by atoms with Crippen LogP contribution in [0.4, 0.5) is 10.1 Å². The topological polar surface area (TPSA) is 110 Å². The molecular weight excluding hydrogens is 405 g/mol. The molecule has 31 heavy (non-hydrogen) atoms. The lowest BCUT2D eigenvalue weighted by Crippen LogP contribution is -2.34. The number of rotatable bonds is 9. The van der Waals surface area contributed by atoms with Crippen molar-refractivity contribution < 1.29 is 27.9 Å². The molecule has 0 atom stereocenters. The number of hydrogen-bond acceptors (Lipinski definition) is 5. The van der Waals surface area contributed by atoms with Gasteiger partial charge in [-0.05, 0) is 60.7 Å². The SMILES string of the molecule is O=C(COc1ccc(F)cc1)Nc1ccc(C(=O)NCCNC(=O)c2ccco2)cc1. The Morgan fingerprint density at radius 3 is 2.19 bits per heavy atom. The first kappa shape index (κ1) is 21.6. The molecule has 0 unspecified atom stereocenters. The van der Waals surface area contributed by atoms with Gasteiger partial charge in [-0.3, -0.25) is 14.4 Å². The van der Waals surface area contributed by atoms with E-state index in [1.54, 1.807) is 36.4 Å². The summed E-state index contributed by atoms with van der Waals surface area (Å²) < 4.78 is 23.1. The number of carbonyl (C=O) groups excluding carboxylic acids is 3. The van der Waals surface area contributed by atoms with Gasteiger partial charge in [0.2, 0.25) is 0 Å². The van der Waals surface area contributed by atoms with Gasteiger partial charge < -0.3 is 25.1 Å². The molecule has 3 amide bonds. The summed E-state index contributed by atoms with van der Waals surface area (Å²) in [7, 11) is 0. The van der Waals surface area contributed by atoms with Crippen molar-refractivity contribution in [3.05, 3.63) is 84.1 Å². The minimum absolute atomic E-state index is 0.201. The molecule has 0 bridgehead atoms. The molecule has 9 heteroatoms. The Hall–Kier alpha value is -4.14. The Kier molecular flexibility index (Phi) is 7.36. The lowest BCUT2D eigenvalue weighted by molar-refractivity contribution is -0.118. The van der Waals surface area contributed by atoms with Gasteiger partial charge in [0, 0.05) is 24.3 Å². The first-order valence-electron chi connectivity index (χ1n) is 9.39. The van der Waals surface area contributed by atoms with Crippen LogP contribution in [0, 0.1) is 5.82 Å². The standard InChI is InChI=1S/C22H20FN3O5/c23-16-5-9-18(10-6-16)31-14-20(27)26-17-7-3-15(4-8-17)21(28)24-11-12-25-22(29)19-2-1-13-30-19/h1-10,13H,11-12,14H2,(H,24,28)(H,25,29)(H,26,27). The number of hydrogen-bond donors (Lipinski definition) is 3. The summed E-state index contributed by atoms with van der Waals surface area (Å²) in [6.07, 6.45) is 1.40. The second-order valence-electron chi connectivity index (χ2n) is 6.36. The molecule has 1 heterocycles. The van der Waals surface area contributed by atoms with E-state index in [-0.39, 0.29) is 43.1 Å². The highest BCUT2D eigenvalue weighted by molar-refractivity contribution is 5.96. The molecule has 0 aliphatic heterocycles. The van der Waals surface area contributed by atoms with Crippen LogP contribution >= 0.6 is 0 Å². The zero-order chi connectivity index (χ0) is 22.1. The van der Waals surface area contributed by atoms with Crippen molar-refractivity contribution in [2.75, 3.05) is 25.0 Å². The summed E-state index contributed by atoms with van der Waals surface area (Å²) in [5, 5.41) is 7.95. The van der Waals surface area contributed by atoms with E-state index in [1.165, 1.54) is 30.5 Å². The van der Waals surface area contributed by atoms with Gasteiger partial charge in [-0.1, -0.05) is 0 Å². The lowest BCUT2D eigenvalue weighted by atomic mass is 10.2. The summed E-state index contributed by atoms with van der Waals surface area (Å²) in [5.74, 6) is -0.878. The van der Waals surface area contributed by atoms with Crippen molar-refractivity contribution in [3.63, 3.8) is 0 Å². The van der Waals surface area contributed by atoms with E-state index in [0.717, 1.165) is 0 Å². The van der Waals surface area contributed by atoms with E-state index in [4.69, 9.17) is 9.15 Å². The third-order valence-electron chi connectivity index (χ3n) is 4.06. The molecule has 0 fully saturated rings. The normalized spacial score (nSPS) is 10.2. The first-order valence-corrected chi connectivity index (χ1v) is 9.39.